The van der Waals surface area contributed by atoms with Crippen molar-refractivity contribution in [3.8, 4) is 0 Å². The molecular formula is C9H4F9NO3S. The van der Waals surface area contributed by atoms with Gasteiger partial charge in [-0.2, -0.15) is 47.9 Å². The number of benzene rings is 1. The summed E-state index contributed by atoms with van der Waals surface area (Å²) in [6, 6.07) is -1.05. The molecule has 0 spiro atoms. The summed E-state index contributed by atoms with van der Waals surface area (Å²) < 4.78 is 130. The fourth-order valence-corrected chi connectivity index (χ4v) is 2.06. The van der Waals surface area contributed by atoms with Gasteiger partial charge in [-0.15, -0.1) is 0 Å². The van der Waals surface area contributed by atoms with Crippen molar-refractivity contribution in [1.29, 1.82) is 0 Å². The molecule has 0 saturated heterocycles. The maximum absolute atomic E-state index is 12.6. The Morgan fingerprint density at radius 3 is 1.70 bits per heavy atom. The third kappa shape index (κ3) is 3.87. The zero-order valence-corrected chi connectivity index (χ0v) is 11.1. The number of hydrogen-bond acceptors (Lipinski definition) is 3. The molecule has 0 aliphatic rings. The molecule has 0 heterocycles. The lowest BCUT2D eigenvalue weighted by molar-refractivity contribution is -0.631. The van der Waals surface area contributed by atoms with Crippen LogP contribution in [-0.2, 0) is 22.4 Å². The molecule has 0 saturated carbocycles. The third-order valence-corrected chi connectivity index (χ3v) is 3.74. The Kier molecular flexibility index (Phi) is 4.68. The molecule has 23 heavy (non-hydrogen) atoms. The maximum atomic E-state index is 12.6. The van der Waals surface area contributed by atoms with E-state index in [1.807, 2.05) is 0 Å². The molecule has 1 unspecified atom stereocenters. The standard InChI is InChI=1S/C9H4F9NO3S/c10-7(11,12)4-1-2-5(8(13,14)15)6(3-4)19(20)23(21,22)9(16,17)18/h1-3,19H. The van der Waals surface area contributed by atoms with E-state index in [0.717, 1.165) is 0 Å². The molecule has 0 aromatic heterocycles. The lowest BCUT2D eigenvalue weighted by Crippen LogP contribution is -3.06. The quantitative estimate of drug-likeness (QED) is 0.637. The van der Waals surface area contributed by atoms with Crippen LogP contribution < -0.4 is 4.47 Å². The monoisotopic (exact) mass is 377 g/mol. The molecule has 0 amide bonds. The van der Waals surface area contributed by atoms with Crippen molar-refractivity contribution >= 4 is 15.7 Å². The van der Waals surface area contributed by atoms with Gasteiger partial charge >= 0.3 is 27.9 Å². The molecule has 4 nitrogen and oxygen atoms in total. The second kappa shape index (κ2) is 5.52. The van der Waals surface area contributed by atoms with Crippen LogP contribution >= 0.6 is 0 Å². The summed E-state index contributed by atoms with van der Waals surface area (Å²) in [6.45, 7) is 0. The van der Waals surface area contributed by atoms with Gasteiger partial charge in [0.25, 0.3) is 0 Å². The summed E-state index contributed by atoms with van der Waals surface area (Å²) in [6.07, 6.45) is -10.8. The minimum absolute atomic E-state index is 0.139. The SMILES string of the molecule is O=S(=O)([NH+]([O-])c1cc(C(F)(F)F)ccc1C(F)(F)F)C(F)(F)F. The number of alkyl halides is 9. The van der Waals surface area contributed by atoms with Crippen LogP contribution in [0.2, 0.25) is 0 Å². The van der Waals surface area contributed by atoms with Gasteiger partial charge in [-0.1, -0.05) is 0 Å². The van der Waals surface area contributed by atoms with Gasteiger partial charge in [0.2, 0.25) is 0 Å². The molecule has 1 atom stereocenters. The Labute approximate surface area is 121 Å². The van der Waals surface area contributed by atoms with E-state index in [9.17, 15) is 53.1 Å². The number of nitrogens with one attached hydrogen (secondary N) is 1. The van der Waals surface area contributed by atoms with E-state index < -0.39 is 55.2 Å². The smallest absolute Gasteiger partial charge is 0.550 e. The number of halogens is 9. The van der Waals surface area contributed by atoms with Gasteiger partial charge in [-0.25, -0.2) is 4.47 Å². The predicted octanol–water partition coefficient (Wildman–Crippen LogP) is 2.59. The summed E-state index contributed by atoms with van der Waals surface area (Å²) in [5, 5.41) is 11.3. The Hall–Kier alpha value is -1.54. The second-order valence-electron chi connectivity index (χ2n) is 3.99. The average molecular weight is 377 g/mol. The van der Waals surface area contributed by atoms with Crippen LogP contribution in [0.3, 0.4) is 0 Å². The van der Waals surface area contributed by atoms with Crippen LogP contribution in [0.15, 0.2) is 18.2 Å². The van der Waals surface area contributed by atoms with Gasteiger partial charge in [0, 0.05) is 6.07 Å². The number of rotatable bonds is 2. The molecule has 0 fully saturated rings. The molecule has 132 valence electrons. The van der Waals surface area contributed by atoms with E-state index in [2.05, 4.69) is 0 Å². The molecule has 0 radical (unpaired) electrons. The van der Waals surface area contributed by atoms with Crippen molar-refractivity contribution in [2.24, 2.45) is 0 Å². The largest absolute Gasteiger partial charge is 0.612 e. The first kappa shape index (κ1) is 19.5. The van der Waals surface area contributed by atoms with Crippen LogP contribution in [0.5, 0.6) is 0 Å². The van der Waals surface area contributed by atoms with Crippen molar-refractivity contribution in [2.45, 2.75) is 17.9 Å². The molecule has 0 bridgehead atoms. The first-order chi connectivity index (χ1) is 9.99. The molecule has 1 rings (SSSR count). The normalized spacial score (nSPS) is 15.6. The Bertz CT molecular complexity index is 690. The summed E-state index contributed by atoms with van der Waals surface area (Å²) in [5.74, 6) is 0. The van der Waals surface area contributed by atoms with Gasteiger partial charge in [0.1, 0.15) is 5.56 Å². The van der Waals surface area contributed by atoms with Gasteiger partial charge in [0.05, 0.1) is 5.56 Å². The highest BCUT2D eigenvalue weighted by atomic mass is 32.2. The fourth-order valence-electron chi connectivity index (χ4n) is 1.39. The van der Waals surface area contributed by atoms with Gasteiger partial charge in [0.15, 0.2) is 5.69 Å². The second-order valence-corrected chi connectivity index (χ2v) is 5.83. The number of quaternary nitrogens is 1. The first-order valence-electron chi connectivity index (χ1n) is 5.13. The lowest BCUT2D eigenvalue weighted by atomic mass is 10.1. The molecule has 1 aromatic rings. The van der Waals surface area contributed by atoms with Crippen molar-refractivity contribution in [3.63, 3.8) is 0 Å². The van der Waals surface area contributed by atoms with Gasteiger partial charge < -0.3 is 5.21 Å². The van der Waals surface area contributed by atoms with Crippen molar-refractivity contribution in [2.75, 3.05) is 0 Å². The number of sulfonamides is 1. The summed E-state index contributed by atoms with van der Waals surface area (Å²) >= 11 is 0. The van der Waals surface area contributed by atoms with E-state index in [0.29, 0.717) is 0 Å². The highest BCUT2D eigenvalue weighted by Crippen LogP contribution is 2.38. The van der Waals surface area contributed by atoms with E-state index in [4.69, 9.17) is 0 Å². The third-order valence-electron chi connectivity index (χ3n) is 2.42. The Morgan fingerprint density at radius 1 is 0.870 bits per heavy atom. The summed E-state index contributed by atoms with van der Waals surface area (Å²) in [7, 11) is -6.78. The maximum Gasteiger partial charge on any atom is 0.550 e. The van der Waals surface area contributed by atoms with E-state index in [1.165, 1.54) is 0 Å². The zero-order valence-electron chi connectivity index (χ0n) is 10.3. The van der Waals surface area contributed by atoms with Crippen LogP contribution in [0.4, 0.5) is 45.2 Å². The minimum atomic E-state index is -6.78. The van der Waals surface area contributed by atoms with E-state index in [-0.39, 0.29) is 12.1 Å². The first-order valence-corrected chi connectivity index (χ1v) is 6.62. The average Bonchev–Trinajstić information content (AvgIpc) is 2.33. The van der Waals surface area contributed by atoms with Gasteiger partial charge in [-0.3, -0.25) is 0 Å². The van der Waals surface area contributed by atoms with Crippen LogP contribution in [0, 0.1) is 5.21 Å². The molecule has 1 N–H and O–H groups in total. The van der Waals surface area contributed by atoms with Crippen LogP contribution in [0.1, 0.15) is 11.1 Å². The molecule has 1 aromatic carbocycles. The van der Waals surface area contributed by atoms with Crippen molar-refractivity contribution in [1.82, 2.24) is 0 Å². The molecule has 14 heteroatoms. The summed E-state index contributed by atoms with van der Waals surface area (Å²) in [5.41, 5.74) is -12.7. The van der Waals surface area contributed by atoms with Crippen molar-refractivity contribution in [3.05, 3.63) is 34.5 Å². The molecule has 0 aliphatic carbocycles. The van der Waals surface area contributed by atoms with Crippen LogP contribution in [-0.4, -0.2) is 13.9 Å². The van der Waals surface area contributed by atoms with Crippen LogP contribution in [0.25, 0.3) is 0 Å². The predicted molar refractivity (Wildman–Crippen MR) is 55.4 cm³/mol. The lowest BCUT2D eigenvalue weighted by Gasteiger charge is -2.25. The molecule has 0 aliphatic heterocycles. The van der Waals surface area contributed by atoms with Crippen molar-refractivity contribution < 1.29 is 52.4 Å². The van der Waals surface area contributed by atoms with E-state index in [1.54, 1.807) is 0 Å². The highest BCUT2D eigenvalue weighted by Gasteiger charge is 2.54. The van der Waals surface area contributed by atoms with E-state index >= 15 is 0 Å². The van der Waals surface area contributed by atoms with Gasteiger partial charge in [-0.05, 0) is 12.1 Å². The minimum Gasteiger partial charge on any atom is -0.612 e. The Morgan fingerprint density at radius 2 is 1.35 bits per heavy atom. The number of hydrogen-bond donors (Lipinski definition) is 1. The highest BCUT2D eigenvalue weighted by molar-refractivity contribution is 7.86. The Balaban J connectivity index is 3.66. The fraction of sp³-hybridized carbons (Fsp3) is 0.333. The summed E-state index contributed by atoms with van der Waals surface area (Å²) in [4.78, 5) is 0. The molecular weight excluding hydrogens is 373 g/mol. The zero-order chi connectivity index (χ0) is 18.4. The topological polar surface area (TPSA) is 61.6 Å².